The zero-order valence-corrected chi connectivity index (χ0v) is 23.3. The van der Waals surface area contributed by atoms with Crippen LogP contribution in [-0.4, -0.2) is 31.7 Å². The maximum atomic E-state index is 10.0. The van der Waals surface area contributed by atoms with Crippen molar-refractivity contribution in [1.82, 2.24) is 20.0 Å². The van der Waals surface area contributed by atoms with Crippen LogP contribution in [0.4, 0.5) is 11.4 Å². The van der Waals surface area contributed by atoms with Gasteiger partial charge in [0.2, 0.25) is 0 Å². The Kier molecular flexibility index (Phi) is 7.34. The minimum absolute atomic E-state index is 0.0598. The molecule has 1 fully saturated rings. The number of halogens is 1. The van der Waals surface area contributed by atoms with E-state index in [1.807, 2.05) is 30.3 Å². The molecule has 0 saturated heterocycles. The van der Waals surface area contributed by atoms with Crippen LogP contribution in [0.1, 0.15) is 66.7 Å². The lowest BCUT2D eigenvalue weighted by Gasteiger charge is -2.23. The molecule has 2 aromatic heterocycles. The number of pyridine rings is 1. The van der Waals surface area contributed by atoms with Crippen LogP contribution >= 0.6 is 11.6 Å². The number of anilines is 2. The zero-order valence-electron chi connectivity index (χ0n) is 23.5. The molecule has 6 rings (SSSR count). The molecule has 5 aromatic rings. The maximum Gasteiger partial charge on any atom is 0.109 e. The van der Waals surface area contributed by atoms with Crippen LogP contribution in [0.3, 0.4) is 0 Å². The molecule has 2 unspecified atom stereocenters. The van der Waals surface area contributed by atoms with Gasteiger partial charge in [-0.2, -0.15) is 10.5 Å². The summed E-state index contributed by atoms with van der Waals surface area (Å²) in [6, 6.07) is 22.7. The third-order valence-electron chi connectivity index (χ3n) is 7.22. The van der Waals surface area contributed by atoms with Crippen LogP contribution in [0.25, 0.3) is 10.9 Å². The summed E-state index contributed by atoms with van der Waals surface area (Å²) in [5, 5.41) is 45.7. The zero-order chi connectivity index (χ0) is 30.0. The van der Waals surface area contributed by atoms with E-state index in [-0.39, 0.29) is 18.7 Å². The van der Waals surface area contributed by atoms with Gasteiger partial charge in [0, 0.05) is 23.9 Å². The molecule has 2 heterocycles. The van der Waals surface area contributed by atoms with Gasteiger partial charge in [-0.1, -0.05) is 59.3 Å². The largest absolute Gasteiger partial charge is 0.396 e. The lowest BCUT2D eigenvalue weighted by Crippen LogP contribution is -2.15. The molecule has 9 nitrogen and oxygen atoms in total. The highest BCUT2D eigenvalue weighted by Crippen LogP contribution is 2.38. The van der Waals surface area contributed by atoms with Crippen molar-refractivity contribution in [1.29, 1.82) is 10.5 Å². The molecule has 1 aliphatic rings. The van der Waals surface area contributed by atoms with Crippen molar-refractivity contribution in [3.8, 4) is 12.1 Å². The van der Waals surface area contributed by atoms with Crippen molar-refractivity contribution in [2.24, 2.45) is 0 Å². The second-order valence-corrected chi connectivity index (χ2v) is 10.5. The molecule has 42 heavy (non-hydrogen) atoms. The number of hydrogen-bond donors (Lipinski definition) is 3. The predicted molar refractivity (Wildman–Crippen MR) is 161 cm³/mol. The maximum absolute atomic E-state index is 10.0. The number of nitrogens with one attached hydrogen (secondary N) is 2. The summed E-state index contributed by atoms with van der Waals surface area (Å²) in [6.45, 7) is -0.0598. The summed E-state index contributed by atoms with van der Waals surface area (Å²) >= 11 is 6.78. The van der Waals surface area contributed by atoms with Gasteiger partial charge in [-0.3, -0.25) is 4.98 Å². The first-order chi connectivity index (χ1) is 20.9. The number of hydrogen-bond acceptors (Lipinski definition) is 8. The van der Waals surface area contributed by atoms with Gasteiger partial charge in [0.15, 0.2) is 0 Å². The lowest BCUT2D eigenvalue weighted by atomic mass is 10.0. The van der Waals surface area contributed by atoms with Crippen LogP contribution in [0, 0.1) is 22.7 Å². The molecule has 1 aliphatic carbocycles. The van der Waals surface area contributed by atoms with Crippen LogP contribution in [0.5, 0.6) is 0 Å². The molecule has 2 atom stereocenters. The summed E-state index contributed by atoms with van der Waals surface area (Å²) in [5.74, 6) is 0. The Balaban J connectivity index is 1.47. The number of aliphatic hydroxyl groups excluding tert-OH is 1. The summed E-state index contributed by atoms with van der Waals surface area (Å²) < 4.78 is 11.5. The molecule has 0 radical (unpaired) electrons. The number of fused-ring (bicyclic) bond motifs is 1. The molecular weight excluding hydrogens is 548 g/mol. The second kappa shape index (κ2) is 11.9. The van der Waals surface area contributed by atoms with Crippen molar-refractivity contribution in [3.05, 3.63) is 112 Å². The van der Waals surface area contributed by atoms with Gasteiger partial charge in [-0.25, -0.2) is 4.68 Å². The van der Waals surface area contributed by atoms with Gasteiger partial charge >= 0.3 is 0 Å². The van der Waals surface area contributed by atoms with Gasteiger partial charge in [-0.15, -0.1) is 5.10 Å². The van der Waals surface area contributed by atoms with E-state index in [1.165, 1.54) is 6.20 Å². The highest BCUT2D eigenvalue weighted by Gasteiger charge is 2.27. The van der Waals surface area contributed by atoms with E-state index >= 15 is 0 Å². The highest BCUT2D eigenvalue weighted by molar-refractivity contribution is 6.35. The SMILES string of the molecule is [2H]C(Nc1cc(Cl)c2ncc(C#N)c(NC(CCO)c3ccccc3)c2c1)(c1cccc(C#N)c1)c1cn(C2CC2)nn1. The Morgan fingerprint density at radius 3 is 2.60 bits per heavy atom. The first-order valence-corrected chi connectivity index (χ1v) is 14.0. The molecule has 0 amide bonds. The standard InChI is InChI=1S/C32H27ClN8O/c33-27-15-24(37-31(22-8-4-5-20(13-22)16-34)29-19-41(40-39-29)25-9-10-25)14-26-30(23(17-35)18-36-32(26)27)38-28(11-12-42)21-6-2-1-3-7-21/h1-8,13-15,18-19,25,28,31,37,42H,9-12H2,(H,36,38)/i31D. The van der Waals surface area contributed by atoms with Gasteiger partial charge < -0.3 is 15.7 Å². The van der Waals surface area contributed by atoms with E-state index in [0.717, 1.165) is 18.4 Å². The smallest absolute Gasteiger partial charge is 0.109 e. The van der Waals surface area contributed by atoms with Crippen LogP contribution in [0.2, 0.25) is 5.02 Å². The Morgan fingerprint density at radius 2 is 1.86 bits per heavy atom. The Labute approximate surface area is 249 Å². The highest BCUT2D eigenvalue weighted by atomic mass is 35.5. The molecule has 3 N–H and O–H groups in total. The molecule has 0 spiro atoms. The van der Waals surface area contributed by atoms with Crippen molar-refractivity contribution in [2.45, 2.75) is 37.4 Å². The number of rotatable bonds is 10. The number of nitriles is 2. The van der Waals surface area contributed by atoms with E-state index in [1.54, 1.807) is 47.3 Å². The Hall–Kier alpha value is -4.96. The van der Waals surface area contributed by atoms with Gasteiger partial charge in [0.05, 0.1) is 59.1 Å². The molecule has 3 aromatic carbocycles. The number of nitrogens with zero attached hydrogens (tertiary/aromatic N) is 6. The molecule has 208 valence electrons. The van der Waals surface area contributed by atoms with E-state index in [0.29, 0.717) is 56.1 Å². The minimum Gasteiger partial charge on any atom is -0.396 e. The molecule has 10 heteroatoms. The molecular formula is C32H27ClN8O. The first-order valence-electron chi connectivity index (χ1n) is 14.1. The fourth-order valence-electron chi connectivity index (χ4n) is 4.96. The lowest BCUT2D eigenvalue weighted by molar-refractivity contribution is 0.280. The topological polar surface area (TPSA) is 135 Å². The predicted octanol–water partition coefficient (Wildman–Crippen LogP) is 6.30. The van der Waals surface area contributed by atoms with Crippen molar-refractivity contribution >= 4 is 33.9 Å². The first kappa shape index (κ1) is 26.0. The Bertz CT molecular complexity index is 1880. The summed E-state index contributed by atoms with van der Waals surface area (Å²) in [6.07, 6.45) is 5.67. The average molecular weight is 576 g/mol. The monoisotopic (exact) mass is 575 g/mol. The molecule has 1 saturated carbocycles. The summed E-state index contributed by atoms with van der Waals surface area (Å²) in [7, 11) is 0. The number of benzene rings is 3. The molecule has 0 aliphatic heterocycles. The van der Waals surface area contributed by atoms with Crippen LogP contribution in [0.15, 0.2) is 79.1 Å². The van der Waals surface area contributed by atoms with Gasteiger partial charge in [0.1, 0.15) is 11.8 Å². The third-order valence-corrected chi connectivity index (χ3v) is 7.51. The fraction of sp³-hybridized carbons (Fsp3) is 0.219. The van der Waals surface area contributed by atoms with E-state index in [4.69, 9.17) is 11.6 Å². The van der Waals surface area contributed by atoms with Crippen LogP contribution < -0.4 is 10.6 Å². The summed E-state index contributed by atoms with van der Waals surface area (Å²) in [5.41, 5.74) is 4.01. The summed E-state index contributed by atoms with van der Waals surface area (Å²) in [4.78, 5) is 4.46. The van der Waals surface area contributed by atoms with Crippen molar-refractivity contribution in [2.75, 3.05) is 17.2 Å². The second-order valence-electron chi connectivity index (χ2n) is 10.1. The van der Waals surface area contributed by atoms with Crippen LogP contribution in [-0.2, 0) is 0 Å². The third kappa shape index (κ3) is 5.61. The quantitative estimate of drug-likeness (QED) is 0.177. The van der Waals surface area contributed by atoms with Crippen molar-refractivity contribution in [3.63, 3.8) is 0 Å². The average Bonchev–Trinajstić information content (AvgIpc) is 3.76. The normalized spacial score (nSPS) is 15.2. The van der Waals surface area contributed by atoms with Gasteiger partial charge in [0.25, 0.3) is 0 Å². The van der Waals surface area contributed by atoms with E-state index in [2.05, 4.69) is 38.1 Å². The fourth-order valence-corrected chi connectivity index (χ4v) is 5.23. The minimum atomic E-state index is -1.63. The van der Waals surface area contributed by atoms with Crippen molar-refractivity contribution < 1.29 is 6.48 Å². The van der Waals surface area contributed by atoms with Gasteiger partial charge in [-0.05, 0) is 54.7 Å². The Morgan fingerprint density at radius 1 is 1.05 bits per heavy atom. The molecule has 0 bridgehead atoms. The number of aromatic nitrogens is 4. The van der Waals surface area contributed by atoms with E-state index < -0.39 is 6.02 Å². The number of aliphatic hydroxyl groups is 1. The van der Waals surface area contributed by atoms with E-state index in [9.17, 15) is 17.0 Å².